The van der Waals surface area contributed by atoms with E-state index in [9.17, 15) is 31.1 Å². The zero-order valence-electron chi connectivity index (χ0n) is 14.4. The van der Waals surface area contributed by atoms with Gasteiger partial charge in [-0.25, -0.2) is 4.98 Å². The van der Waals surface area contributed by atoms with E-state index in [0.29, 0.717) is 17.8 Å². The normalized spacial score (nSPS) is 25.6. The largest absolute Gasteiger partial charge is 0.391 e. The summed E-state index contributed by atoms with van der Waals surface area (Å²) in [6.07, 6.45) is -7.77. The van der Waals surface area contributed by atoms with Crippen LogP contribution in [-0.4, -0.2) is 41.2 Å². The van der Waals surface area contributed by atoms with Crippen LogP contribution in [0.5, 0.6) is 0 Å². The number of aromatic nitrogens is 1. The van der Waals surface area contributed by atoms with Crippen molar-refractivity contribution < 1.29 is 31.1 Å². The number of piperidine rings is 1. The zero-order valence-corrected chi connectivity index (χ0v) is 15.3. The number of carbonyl (C=O) groups is 1. The molecule has 1 aliphatic heterocycles. The van der Waals surface area contributed by atoms with Crippen LogP contribution < -0.4 is 0 Å². The minimum atomic E-state index is -4.24. The molecule has 1 amide bonds. The first-order chi connectivity index (χ1) is 12.6. The summed E-state index contributed by atoms with van der Waals surface area (Å²) in [4.78, 5) is 18.1. The van der Waals surface area contributed by atoms with Gasteiger partial charge in [-0.2, -0.15) is 26.3 Å². The van der Waals surface area contributed by atoms with E-state index in [0.717, 1.165) is 0 Å². The summed E-state index contributed by atoms with van der Waals surface area (Å²) in [5, 5.41) is 2.20. The standard InChI is InChI=1S/C17H20F6N2OS/c18-16(19,20)11-3-1-10(2-4-11)14-24-13(9-27-14)15(26)25-7-5-12(6-8-25)17(21,22)23/h9-12H,1-8H2. The molecule has 1 saturated carbocycles. The van der Waals surface area contributed by atoms with Crippen molar-refractivity contribution in [2.24, 2.45) is 11.8 Å². The van der Waals surface area contributed by atoms with Crippen LogP contribution in [0, 0.1) is 11.8 Å². The van der Waals surface area contributed by atoms with Gasteiger partial charge in [0.1, 0.15) is 5.69 Å². The number of alkyl halides is 6. The molecule has 1 aromatic heterocycles. The Balaban J connectivity index is 1.56. The minimum Gasteiger partial charge on any atom is -0.337 e. The van der Waals surface area contributed by atoms with Gasteiger partial charge in [0, 0.05) is 24.4 Å². The molecule has 152 valence electrons. The van der Waals surface area contributed by atoms with E-state index >= 15 is 0 Å². The lowest BCUT2D eigenvalue weighted by Crippen LogP contribution is -2.42. The maximum absolute atomic E-state index is 12.8. The number of hydrogen-bond acceptors (Lipinski definition) is 3. The molecule has 3 nitrogen and oxygen atoms in total. The molecule has 1 saturated heterocycles. The maximum Gasteiger partial charge on any atom is 0.391 e. The van der Waals surface area contributed by atoms with Crippen LogP contribution in [0.15, 0.2) is 5.38 Å². The zero-order chi connectivity index (χ0) is 19.8. The Kier molecular flexibility index (Phi) is 5.74. The molecule has 2 heterocycles. The third-order valence-corrected chi connectivity index (χ3v) is 6.53. The average Bonchev–Trinajstić information content (AvgIpc) is 3.10. The van der Waals surface area contributed by atoms with Crippen LogP contribution in [-0.2, 0) is 0 Å². The monoisotopic (exact) mass is 414 g/mol. The summed E-state index contributed by atoms with van der Waals surface area (Å²) in [6.45, 7) is 0.0686. The fourth-order valence-corrected chi connectivity index (χ4v) is 4.78. The van der Waals surface area contributed by atoms with Crippen molar-refractivity contribution in [2.45, 2.75) is 56.8 Å². The fraction of sp³-hybridized carbons (Fsp3) is 0.765. The molecule has 2 fully saturated rings. The third kappa shape index (κ3) is 4.75. The molecule has 2 aliphatic rings. The first kappa shape index (κ1) is 20.4. The molecule has 0 aromatic carbocycles. The Morgan fingerprint density at radius 3 is 1.96 bits per heavy atom. The van der Waals surface area contributed by atoms with Crippen molar-refractivity contribution in [2.75, 3.05) is 13.1 Å². The molecular formula is C17H20F6N2OS. The van der Waals surface area contributed by atoms with Crippen LogP contribution in [0.4, 0.5) is 26.3 Å². The Morgan fingerprint density at radius 2 is 1.44 bits per heavy atom. The van der Waals surface area contributed by atoms with E-state index in [2.05, 4.69) is 4.98 Å². The van der Waals surface area contributed by atoms with Gasteiger partial charge >= 0.3 is 12.4 Å². The summed E-state index contributed by atoms with van der Waals surface area (Å²) >= 11 is 1.24. The van der Waals surface area contributed by atoms with E-state index < -0.39 is 30.1 Å². The van der Waals surface area contributed by atoms with Crippen molar-refractivity contribution in [1.29, 1.82) is 0 Å². The lowest BCUT2D eigenvalue weighted by molar-refractivity contribution is -0.184. The van der Waals surface area contributed by atoms with Crippen molar-refractivity contribution in [1.82, 2.24) is 9.88 Å². The molecule has 0 N–H and O–H groups in total. The Bertz CT molecular complexity index is 655. The predicted molar refractivity (Wildman–Crippen MR) is 87.6 cm³/mol. The molecule has 0 spiro atoms. The van der Waals surface area contributed by atoms with E-state index in [1.807, 2.05) is 0 Å². The number of rotatable bonds is 2. The first-order valence-corrected chi connectivity index (χ1v) is 9.81. The van der Waals surface area contributed by atoms with E-state index in [-0.39, 0.29) is 50.4 Å². The van der Waals surface area contributed by atoms with Gasteiger partial charge in [-0.15, -0.1) is 11.3 Å². The van der Waals surface area contributed by atoms with Crippen LogP contribution in [0.1, 0.15) is 59.9 Å². The van der Waals surface area contributed by atoms with E-state index in [1.165, 1.54) is 16.2 Å². The smallest absolute Gasteiger partial charge is 0.337 e. The van der Waals surface area contributed by atoms with Gasteiger partial charge in [0.25, 0.3) is 5.91 Å². The fourth-order valence-electron chi connectivity index (χ4n) is 3.81. The minimum absolute atomic E-state index is 0.0343. The number of halogens is 6. The van der Waals surface area contributed by atoms with E-state index in [1.54, 1.807) is 5.38 Å². The number of likely N-dealkylation sites (tertiary alicyclic amines) is 1. The topological polar surface area (TPSA) is 33.2 Å². The SMILES string of the molecule is O=C(c1csc(C2CCC(C(F)(F)F)CC2)n1)N1CCC(C(F)(F)F)CC1. The lowest BCUT2D eigenvalue weighted by atomic mass is 9.82. The number of nitrogens with zero attached hydrogens (tertiary/aromatic N) is 2. The highest BCUT2D eigenvalue weighted by Crippen LogP contribution is 2.43. The molecule has 27 heavy (non-hydrogen) atoms. The van der Waals surface area contributed by atoms with Crippen molar-refractivity contribution in [3.63, 3.8) is 0 Å². The Labute approximate surface area is 156 Å². The lowest BCUT2D eigenvalue weighted by Gasteiger charge is -2.32. The molecule has 0 radical (unpaired) electrons. The molecule has 0 bridgehead atoms. The van der Waals surface area contributed by atoms with Gasteiger partial charge in [0.15, 0.2) is 0 Å². The van der Waals surface area contributed by atoms with Gasteiger partial charge in [-0.3, -0.25) is 4.79 Å². The second kappa shape index (κ2) is 7.60. The molecule has 3 rings (SSSR count). The summed E-state index contributed by atoms with van der Waals surface area (Å²) in [5.74, 6) is -3.14. The quantitative estimate of drug-likeness (QED) is 0.608. The summed E-state index contributed by atoms with van der Waals surface area (Å²) < 4.78 is 76.4. The molecule has 0 atom stereocenters. The van der Waals surface area contributed by atoms with Crippen molar-refractivity contribution in [3.05, 3.63) is 16.1 Å². The third-order valence-electron chi connectivity index (χ3n) is 5.53. The average molecular weight is 414 g/mol. The highest BCUT2D eigenvalue weighted by atomic mass is 32.1. The summed E-state index contributed by atoms with van der Waals surface area (Å²) in [7, 11) is 0. The van der Waals surface area contributed by atoms with E-state index in [4.69, 9.17) is 0 Å². The van der Waals surface area contributed by atoms with Gasteiger partial charge in [0.2, 0.25) is 0 Å². The molecule has 0 unspecified atom stereocenters. The van der Waals surface area contributed by atoms with Crippen LogP contribution in [0.2, 0.25) is 0 Å². The highest BCUT2D eigenvalue weighted by Gasteiger charge is 2.43. The molecule has 10 heteroatoms. The first-order valence-electron chi connectivity index (χ1n) is 8.94. The second-order valence-corrected chi connectivity index (χ2v) is 8.16. The second-order valence-electron chi connectivity index (χ2n) is 7.27. The molecule has 1 aromatic rings. The van der Waals surface area contributed by atoms with Gasteiger partial charge < -0.3 is 4.90 Å². The Morgan fingerprint density at radius 1 is 0.926 bits per heavy atom. The van der Waals surface area contributed by atoms with Gasteiger partial charge in [0.05, 0.1) is 16.8 Å². The van der Waals surface area contributed by atoms with Gasteiger partial charge in [-0.1, -0.05) is 0 Å². The number of amides is 1. The predicted octanol–water partition coefficient (Wildman–Crippen LogP) is 5.39. The highest BCUT2D eigenvalue weighted by molar-refractivity contribution is 7.09. The number of carbonyl (C=O) groups excluding carboxylic acids is 1. The van der Waals surface area contributed by atoms with Crippen LogP contribution in [0.3, 0.4) is 0 Å². The summed E-state index contributed by atoms with van der Waals surface area (Å²) in [5.41, 5.74) is 0.179. The number of thiazole rings is 1. The van der Waals surface area contributed by atoms with Crippen molar-refractivity contribution >= 4 is 17.2 Å². The maximum atomic E-state index is 12.8. The molecule has 1 aliphatic carbocycles. The number of hydrogen-bond donors (Lipinski definition) is 0. The molecular weight excluding hydrogens is 394 g/mol. The van der Waals surface area contributed by atoms with Crippen LogP contribution >= 0.6 is 11.3 Å². The van der Waals surface area contributed by atoms with Crippen molar-refractivity contribution in [3.8, 4) is 0 Å². The Hall–Kier alpha value is -1.32. The van der Waals surface area contributed by atoms with Gasteiger partial charge in [-0.05, 0) is 38.5 Å². The summed E-state index contributed by atoms with van der Waals surface area (Å²) in [6, 6.07) is 0. The van der Waals surface area contributed by atoms with Crippen LogP contribution in [0.25, 0.3) is 0 Å².